The maximum atomic E-state index is 13.0. The van der Waals surface area contributed by atoms with Crippen LogP contribution in [0.5, 0.6) is 5.75 Å². The van der Waals surface area contributed by atoms with Crippen molar-refractivity contribution in [2.75, 3.05) is 46.4 Å². The van der Waals surface area contributed by atoms with Crippen molar-refractivity contribution < 1.29 is 33.3 Å². The summed E-state index contributed by atoms with van der Waals surface area (Å²) in [5.74, 6) is 0.710. The third-order valence-corrected chi connectivity index (χ3v) is 6.09. The second kappa shape index (κ2) is 13.7. The van der Waals surface area contributed by atoms with Gasteiger partial charge in [0.2, 0.25) is 0 Å². The summed E-state index contributed by atoms with van der Waals surface area (Å²) in [7, 11) is 1.58. The van der Waals surface area contributed by atoms with E-state index in [0.29, 0.717) is 5.75 Å². The molecule has 0 unspecified atom stereocenters. The summed E-state index contributed by atoms with van der Waals surface area (Å²) < 4.78 is 21.8. The maximum Gasteiger partial charge on any atom is 0.410 e. The number of hydrogen-bond donors (Lipinski definition) is 0. The van der Waals surface area contributed by atoms with Gasteiger partial charge in [0, 0.05) is 39.3 Å². The monoisotopic (exact) mass is 541 g/mol. The van der Waals surface area contributed by atoms with Crippen LogP contribution in [0.25, 0.3) is 0 Å². The van der Waals surface area contributed by atoms with Gasteiger partial charge in [0.25, 0.3) is 0 Å². The van der Waals surface area contributed by atoms with Crippen molar-refractivity contribution in [3.05, 3.63) is 65.2 Å². The predicted molar refractivity (Wildman–Crippen MR) is 145 cm³/mol. The second-order valence-corrected chi connectivity index (χ2v) is 10.4. The van der Waals surface area contributed by atoms with E-state index in [0.717, 1.165) is 16.7 Å². The van der Waals surface area contributed by atoms with Gasteiger partial charge >= 0.3 is 18.3 Å². The summed E-state index contributed by atoms with van der Waals surface area (Å²) in [5.41, 5.74) is 2.12. The van der Waals surface area contributed by atoms with Crippen LogP contribution in [0.1, 0.15) is 37.5 Å². The molecule has 1 saturated heterocycles. The zero-order valence-electron chi connectivity index (χ0n) is 23.5. The first-order valence-corrected chi connectivity index (χ1v) is 13.0. The molecule has 2 aromatic carbocycles. The minimum Gasteiger partial charge on any atom is -0.497 e. The largest absolute Gasteiger partial charge is 0.497 e. The minimum absolute atomic E-state index is 0.0808. The second-order valence-electron chi connectivity index (χ2n) is 10.4. The summed E-state index contributed by atoms with van der Waals surface area (Å²) in [6, 6.07) is 15.0. The van der Waals surface area contributed by atoms with Crippen LogP contribution in [-0.2, 0) is 27.4 Å². The predicted octanol–water partition coefficient (Wildman–Crippen LogP) is 4.83. The van der Waals surface area contributed by atoms with Gasteiger partial charge in [-0.1, -0.05) is 42.0 Å². The highest BCUT2D eigenvalue weighted by atomic mass is 16.6. The first-order chi connectivity index (χ1) is 18.5. The number of benzene rings is 2. The van der Waals surface area contributed by atoms with Crippen LogP contribution in [0.15, 0.2) is 48.5 Å². The average Bonchev–Trinajstić information content (AvgIpc) is 3.01. The fourth-order valence-corrected chi connectivity index (χ4v) is 3.81. The molecule has 39 heavy (non-hydrogen) atoms. The standard InChI is InChI=1S/C29H39N3O7/c1-22-6-8-23(9-7-22)20-37-26(33)30-14-15-31(17-19-32(18-16-30)28(35)39-29(2,3)4)27(34)38-21-24-10-12-25(36-5)13-11-24/h6-13H,14-21H2,1-5H3. The number of methoxy groups -OCH3 is 1. The third-order valence-electron chi connectivity index (χ3n) is 6.09. The molecule has 1 fully saturated rings. The van der Waals surface area contributed by atoms with Gasteiger partial charge < -0.3 is 33.6 Å². The van der Waals surface area contributed by atoms with Crippen molar-refractivity contribution in [1.82, 2.24) is 14.7 Å². The molecule has 1 aliphatic heterocycles. The highest BCUT2D eigenvalue weighted by Crippen LogP contribution is 2.15. The first-order valence-electron chi connectivity index (χ1n) is 13.0. The molecule has 1 heterocycles. The Morgan fingerprint density at radius 2 is 1.05 bits per heavy atom. The third kappa shape index (κ3) is 9.70. The normalized spacial score (nSPS) is 14.5. The highest BCUT2D eigenvalue weighted by molar-refractivity contribution is 5.71. The number of hydrogen-bond acceptors (Lipinski definition) is 7. The molecule has 0 saturated carbocycles. The lowest BCUT2D eigenvalue weighted by Crippen LogP contribution is -2.44. The van der Waals surface area contributed by atoms with E-state index in [1.54, 1.807) is 40.0 Å². The zero-order valence-corrected chi connectivity index (χ0v) is 23.5. The van der Waals surface area contributed by atoms with Crippen molar-refractivity contribution >= 4 is 18.3 Å². The van der Waals surface area contributed by atoms with E-state index in [1.165, 1.54) is 14.7 Å². The Bertz CT molecular complexity index is 1100. The molecule has 0 N–H and O–H groups in total. The number of rotatable bonds is 5. The Hall–Kier alpha value is -3.95. The number of ether oxygens (including phenoxy) is 4. The van der Waals surface area contributed by atoms with Crippen LogP contribution in [0.3, 0.4) is 0 Å². The number of carbonyl (C=O) groups excluding carboxylic acids is 3. The molecule has 0 radical (unpaired) electrons. The lowest BCUT2D eigenvalue weighted by molar-refractivity contribution is 0.0222. The maximum absolute atomic E-state index is 13.0. The Labute approximate surface area is 230 Å². The summed E-state index contributed by atoms with van der Waals surface area (Å²) >= 11 is 0. The van der Waals surface area contributed by atoms with Crippen molar-refractivity contribution in [2.45, 2.75) is 46.5 Å². The summed E-state index contributed by atoms with van der Waals surface area (Å²) in [6.07, 6.45) is -1.57. The van der Waals surface area contributed by atoms with Gasteiger partial charge in [-0.25, -0.2) is 14.4 Å². The van der Waals surface area contributed by atoms with Crippen molar-refractivity contribution in [2.24, 2.45) is 0 Å². The molecule has 0 aromatic heterocycles. The van der Waals surface area contributed by atoms with Crippen LogP contribution in [0.4, 0.5) is 14.4 Å². The highest BCUT2D eigenvalue weighted by Gasteiger charge is 2.28. The Kier molecular flexibility index (Phi) is 10.4. The molecule has 0 spiro atoms. The van der Waals surface area contributed by atoms with E-state index in [4.69, 9.17) is 18.9 Å². The number of nitrogens with zero attached hydrogens (tertiary/aromatic N) is 3. The lowest BCUT2D eigenvalue weighted by Gasteiger charge is -2.28. The molecule has 212 valence electrons. The summed E-state index contributed by atoms with van der Waals surface area (Å²) in [5, 5.41) is 0. The Morgan fingerprint density at radius 1 is 0.667 bits per heavy atom. The van der Waals surface area contributed by atoms with Crippen molar-refractivity contribution in [1.29, 1.82) is 0 Å². The summed E-state index contributed by atoms with van der Waals surface area (Å²) in [4.78, 5) is 43.3. The van der Waals surface area contributed by atoms with Gasteiger partial charge in [0.1, 0.15) is 24.6 Å². The van der Waals surface area contributed by atoms with Gasteiger partial charge in [0.05, 0.1) is 7.11 Å². The molecule has 3 rings (SSSR count). The molecule has 2 aromatic rings. The molecular formula is C29H39N3O7. The number of carbonyl (C=O) groups is 3. The molecule has 0 atom stereocenters. The van der Waals surface area contributed by atoms with Gasteiger partial charge in [-0.15, -0.1) is 0 Å². The van der Waals surface area contributed by atoms with E-state index >= 15 is 0 Å². The van der Waals surface area contributed by atoms with Crippen molar-refractivity contribution in [3.63, 3.8) is 0 Å². The smallest absolute Gasteiger partial charge is 0.410 e. The molecule has 0 aliphatic carbocycles. The molecule has 3 amide bonds. The lowest BCUT2D eigenvalue weighted by atomic mass is 10.2. The van der Waals surface area contributed by atoms with Crippen LogP contribution >= 0.6 is 0 Å². The number of amides is 3. The van der Waals surface area contributed by atoms with Crippen LogP contribution in [0, 0.1) is 6.92 Å². The SMILES string of the molecule is COc1ccc(COC(=O)N2CCN(C(=O)OCc3ccc(C)cc3)CCN(C(=O)OC(C)(C)C)CC2)cc1. The molecular weight excluding hydrogens is 502 g/mol. The Morgan fingerprint density at radius 3 is 1.44 bits per heavy atom. The summed E-state index contributed by atoms with van der Waals surface area (Å²) in [6.45, 7) is 8.96. The molecule has 0 bridgehead atoms. The van der Waals surface area contributed by atoms with Gasteiger partial charge in [-0.3, -0.25) is 0 Å². The minimum atomic E-state index is -0.681. The fourth-order valence-electron chi connectivity index (χ4n) is 3.81. The fraction of sp³-hybridized carbons (Fsp3) is 0.483. The van der Waals surface area contributed by atoms with Crippen LogP contribution < -0.4 is 4.74 Å². The van der Waals surface area contributed by atoms with Gasteiger partial charge in [0.15, 0.2) is 0 Å². The van der Waals surface area contributed by atoms with Gasteiger partial charge in [-0.2, -0.15) is 0 Å². The average molecular weight is 542 g/mol. The molecule has 10 heteroatoms. The van der Waals surface area contributed by atoms with Crippen LogP contribution in [0.2, 0.25) is 0 Å². The quantitative estimate of drug-likeness (QED) is 0.500. The number of aryl methyl sites for hydroxylation is 1. The van der Waals surface area contributed by atoms with E-state index in [2.05, 4.69) is 0 Å². The van der Waals surface area contributed by atoms with Crippen LogP contribution in [-0.4, -0.2) is 85.0 Å². The Balaban J connectivity index is 1.67. The first kappa shape index (κ1) is 29.6. The molecule has 10 nitrogen and oxygen atoms in total. The van der Waals surface area contributed by atoms with E-state index in [9.17, 15) is 14.4 Å². The van der Waals surface area contributed by atoms with Crippen molar-refractivity contribution in [3.8, 4) is 5.75 Å². The van der Waals surface area contributed by atoms with E-state index < -0.39 is 23.9 Å². The molecule has 1 aliphatic rings. The van der Waals surface area contributed by atoms with Gasteiger partial charge in [-0.05, 0) is 51.0 Å². The topological polar surface area (TPSA) is 97.9 Å². The zero-order chi connectivity index (χ0) is 28.4. The van der Waals surface area contributed by atoms with E-state index in [-0.39, 0.29) is 52.5 Å². The van der Waals surface area contributed by atoms with E-state index in [1.807, 2.05) is 43.3 Å².